The van der Waals surface area contributed by atoms with E-state index in [0.717, 1.165) is 199 Å². The predicted molar refractivity (Wildman–Crippen MR) is 405 cm³/mol. The van der Waals surface area contributed by atoms with Crippen LogP contribution in [0.4, 0.5) is 0 Å². The molecule has 0 nitrogen and oxygen atoms in total. The third kappa shape index (κ3) is 9.97. The Morgan fingerprint density at radius 3 is 0.594 bits per heavy atom. The van der Waals surface area contributed by atoms with Crippen LogP contribution in [0.2, 0.25) is 0 Å². The third-order valence-corrected chi connectivity index (χ3v) is 18.7. The van der Waals surface area contributed by atoms with Gasteiger partial charge < -0.3 is 0 Å². The molecule has 15 aromatic rings. The molecule has 0 aliphatic heterocycles. The highest BCUT2D eigenvalue weighted by Crippen LogP contribution is 2.56. The molecule has 15 rings (SSSR count). The summed E-state index contributed by atoms with van der Waals surface area (Å²) in [6.45, 7) is 0. The summed E-state index contributed by atoms with van der Waals surface area (Å²) < 4.78 is 0. The standard InChI is InChI=1S/C96H52/c1-9-61-23-39-69(40-24-61)85-59-87(91(73-47-31-65(13-5)32-48-73)93(75-51-35-67(15-7)36-52-75)89(85)71-43-27-63(11-3)28-44-71)77-55-57-83-82-22-18-20-80-78(56-58-84(96(80)82)81-21-17-19-79(77)95(81)83)88-60-86(70-41-25-62(10-2)26-42-70)90(72-45-29-64(12-4)30-46-72)94(76-53-37-68(16-8)38-54-76)92(88)74-49-33-66(14-6)34-50-74/h1-8,17-60H. The Morgan fingerprint density at radius 2 is 0.354 bits per heavy atom. The van der Waals surface area contributed by atoms with Crippen molar-refractivity contribution in [1.82, 2.24) is 0 Å². The summed E-state index contributed by atoms with van der Waals surface area (Å²) in [6.07, 6.45) is 48.3. The number of hydrogen-bond acceptors (Lipinski definition) is 0. The molecule has 96 heavy (non-hydrogen) atoms. The summed E-state index contributed by atoms with van der Waals surface area (Å²) in [6, 6.07) is 93.6. The lowest BCUT2D eigenvalue weighted by Gasteiger charge is -2.26. The first-order valence-electron chi connectivity index (χ1n) is 31.3. The Kier molecular flexibility index (Phi) is 14.8. The van der Waals surface area contributed by atoms with Crippen molar-refractivity contribution in [1.29, 1.82) is 0 Å². The number of terminal acetylenes is 8. The van der Waals surface area contributed by atoms with Crippen LogP contribution in [-0.2, 0) is 0 Å². The van der Waals surface area contributed by atoms with Crippen LogP contribution >= 0.6 is 0 Å². The summed E-state index contributed by atoms with van der Waals surface area (Å²) in [4.78, 5) is 0. The average Bonchev–Trinajstić information content (AvgIpc) is 0.719. The van der Waals surface area contributed by atoms with Gasteiger partial charge in [0.1, 0.15) is 0 Å². The Balaban J connectivity index is 1.05. The smallest absolute Gasteiger partial charge is 0.0243 e. The van der Waals surface area contributed by atoms with Crippen LogP contribution in [-0.4, -0.2) is 0 Å². The molecule has 0 radical (unpaired) electrons. The van der Waals surface area contributed by atoms with Crippen LogP contribution < -0.4 is 0 Å². The van der Waals surface area contributed by atoms with Crippen LogP contribution in [0.3, 0.4) is 0 Å². The molecule has 0 aliphatic rings. The number of hydrogen-bond donors (Lipinski definition) is 0. The largest absolute Gasteiger partial charge is 0.115 e. The van der Waals surface area contributed by atoms with E-state index in [0.29, 0.717) is 0 Å². The molecule has 0 aliphatic carbocycles. The first kappa shape index (κ1) is 58.5. The molecular formula is C96H52. The fraction of sp³-hybridized carbons (Fsp3) is 0. The molecule has 0 N–H and O–H groups in total. The molecule has 0 spiro atoms. The van der Waals surface area contributed by atoms with Gasteiger partial charge >= 0.3 is 0 Å². The summed E-state index contributed by atoms with van der Waals surface area (Å²) in [5.74, 6) is 22.7. The predicted octanol–water partition coefficient (Wildman–Crippen LogP) is 22.3. The van der Waals surface area contributed by atoms with Crippen molar-refractivity contribution in [3.05, 3.63) is 311 Å². The normalized spacial score (nSPS) is 10.8. The number of benzene rings is 15. The van der Waals surface area contributed by atoms with Crippen molar-refractivity contribution >= 4 is 43.1 Å². The highest BCUT2D eigenvalue weighted by Gasteiger charge is 2.29. The van der Waals surface area contributed by atoms with Crippen molar-refractivity contribution in [2.24, 2.45) is 0 Å². The highest BCUT2D eigenvalue weighted by atomic mass is 14.3. The Bertz CT molecular complexity index is 5630. The van der Waals surface area contributed by atoms with Crippen LogP contribution in [0.5, 0.6) is 0 Å². The minimum Gasteiger partial charge on any atom is -0.115 e. The van der Waals surface area contributed by atoms with Crippen molar-refractivity contribution < 1.29 is 0 Å². The Labute approximate surface area is 561 Å². The molecule has 0 heterocycles. The minimum absolute atomic E-state index is 0.774. The van der Waals surface area contributed by atoms with Gasteiger partial charge in [0.25, 0.3) is 0 Å². The zero-order valence-electron chi connectivity index (χ0n) is 52.0. The van der Waals surface area contributed by atoms with Gasteiger partial charge in [0.15, 0.2) is 0 Å². The fourth-order valence-corrected chi connectivity index (χ4v) is 14.1. The second kappa shape index (κ2) is 24.4. The lowest BCUT2D eigenvalue weighted by atomic mass is 9.77. The fourth-order valence-electron chi connectivity index (χ4n) is 14.1. The van der Waals surface area contributed by atoms with Crippen LogP contribution in [0.1, 0.15) is 44.5 Å². The molecule has 0 saturated carbocycles. The van der Waals surface area contributed by atoms with Crippen molar-refractivity contribution in [3.8, 4) is 210 Å². The molecule has 0 fully saturated rings. The van der Waals surface area contributed by atoms with Crippen LogP contribution in [0.15, 0.2) is 267 Å². The van der Waals surface area contributed by atoms with Crippen molar-refractivity contribution in [2.45, 2.75) is 0 Å². The maximum atomic E-state index is 6.08. The second-order valence-corrected chi connectivity index (χ2v) is 23.7. The summed E-state index contributed by atoms with van der Waals surface area (Å²) in [5.41, 5.74) is 26.4. The van der Waals surface area contributed by atoms with E-state index in [1.165, 1.54) is 0 Å². The molecule has 0 saturated heterocycles. The SMILES string of the molecule is C#Cc1ccc(-c2cc(-c3ccc4c5cccc6c(-c7cc(-c8ccc(C#C)cc8)c(-c8ccc(C#C)cc8)c(-c8ccc(C#C)cc8)c7-c7ccc(C#C)cc7)ccc(c7cccc3c74)c65)c(-c3ccc(C#C)cc3)c(-c3ccc(C#C)cc3)c2-c2ccc(C#C)cc2)cc1. The maximum Gasteiger partial charge on any atom is 0.0243 e. The zero-order valence-corrected chi connectivity index (χ0v) is 52.0. The molecule has 0 amide bonds. The van der Waals surface area contributed by atoms with Crippen LogP contribution in [0.25, 0.3) is 154 Å². The Morgan fingerprint density at radius 1 is 0.156 bits per heavy atom. The molecule has 436 valence electrons. The molecule has 0 heteroatoms. The molecule has 0 aromatic heterocycles. The monoisotopic (exact) mass is 1200 g/mol. The van der Waals surface area contributed by atoms with Gasteiger partial charge in [0, 0.05) is 44.5 Å². The van der Waals surface area contributed by atoms with E-state index in [4.69, 9.17) is 51.4 Å². The average molecular weight is 1210 g/mol. The highest BCUT2D eigenvalue weighted by molar-refractivity contribution is 6.36. The number of rotatable bonds is 10. The van der Waals surface area contributed by atoms with E-state index in [9.17, 15) is 0 Å². The second-order valence-electron chi connectivity index (χ2n) is 23.7. The van der Waals surface area contributed by atoms with Gasteiger partial charge in [0.05, 0.1) is 0 Å². The molecule has 0 unspecified atom stereocenters. The first-order valence-corrected chi connectivity index (χ1v) is 31.3. The van der Waals surface area contributed by atoms with Crippen molar-refractivity contribution in [3.63, 3.8) is 0 Å². The third-order valence-electron chi connectivity index (χ3n) is 18.7. The van der Waals surface area contributed by atoms with Gasteiger partial charge in [0.2, 0.25) is 0 Å². The van der Waals surface area contributed by atoms with E-state index in [1.807, 2.05) is 97.1 Å². The van der Waals surface area contributed by atoms with Gasteiger partial charge in [-0.3, -0.25) is 0 Å². The van der Waals surface area contributed by atoms with E-state index in [-0.39, 0.29) is 0 Å². The lowest BCUT2D eigenvalue weighted by molar-refractivity contribution is 1.52. The van der Waals surface area contributed by atoms with E-state index in [2.05, 4.69) is 217 Å². The molecular weight excluding hydrogens is 1150 g/mol. The minimum atomic E-state index is 0.774. The van der Waals surface area contributed by atoms with E-state index in [1.54, 1.807) is 0 Å². The quantitative estimate of drug-likeness (QED) is 0.0727. The van der Waals surface area contributed by atoms with Crippen molar-refractivity contribution in [2.75, 3.05) is 0 Å². The molecule has 0 atom stereocenters. The zero-order chi connectivity index (χ0) is 65.6. The maximum absolute atomic E-state index is 6.08. The molecule has 15 aromatic carbocycles. The lowest BCUT2D eigenvalue weighted by Crippen LogP contribution is -2.00. The van der Waals surface area contributed by atoms with Crippen LogP contribution in [0, 0.1) is 98.8 Å². The summed E-state index contributed by atoms with van der Waals surface area (Å²) >= 11 is 0. The van der Waals surface area contributed by atoms with Gasteiger partial charge in [-0.15, -0.1) is 51.4 Å². The Hall–Kier alpha value is -13.9. The van der Waals surface area contributed by atoms with E-state index < -0.39 is 0 Å². The number of fused-ring (bicyclic) bond motifs is 2. The van der Waals surface area contributed by atoms with Gasteiger partial charge in [-0.1, -0.05) is 205 Å². The van der Waals surface area contributed by atoms with E-state index >= 15 is 0 Å². The summed E-state index contributed by atoms with van der Waals surface area (Å²) in [7, 11) is 0. The first-order chi connectivity index (χ1) is 47.2. The summed E-state index contributed by atoms with van der Waals surface area (Å²) in [5, 5.41) is 8.98. The molecule has 0 bridgehead atoms. The van der Waals surface area contributed by atoms with Gasteiger partial charge in [-0.25, -0.2) is 0 Å². The topological polar surface area (TPSA) is 0 Å². The van der Waals surface area contributed by atoms with Gasteiger partial charge in [-0.05, 0) is 264 Å². The van der Waals surface area contributed by atoms with Gasteiger partial charge in [-0.2, -0.15) is 0 Å².